The second kappa shape index (κ2) is 7.37. The fourth-order valence-corrected chi connectivity index (χ4v) is 2.79. The SMILES string of the molecule is Cc1cc2nc(NC(=O)C(C)OCC3CCCO3)cc(N(C)C)n2n1. The number of fused-ring (bicyclic) bond motifs is 1. The fraction of sp³-hybridized carbons (Fsp3) is 0.588. The van der Waals surface area contributed by atoms with Gasteiger partial charge in [-0.1, -0.05) is 0 Å². The van der Waals surface area contributed by atoms with Gasteiger partial charge < -0.3 is 19.7 Å². The average Bonchev–Trinajstić information content (AvgIpc) is 3.19. The van der Waals surface area contributed by atoms with Gasteiger partial charge in [0.2, 0.25) is 0 Å². The van der Waals surface area contributed by atoms with E-state index in [2.05, 4.69) is 15.4 Å². The number of aromatic nitrogens is 3. The van der Waals surface area contributed by atoms with Crippen LogP contribution in [0.4, 0.5) is 11.6 Å². The molecule has 1 N–H and O–H groups in total. The molecule has 0 aliphatic carbocycles. The molecule has 8 heteroatoms. The minimum atomic E-state index is -0.573. The summed E-state index contributed by atoms with van der Waals surface area (Å²) in [5.41, 5.74) is 1.55. The summed E-state index contributed by atoms with van der Waals surface area (Å²) in [5, 5.41) is 7.25. The van der Waals surface area contributed by atoms with Gasteiger partial charge in [0.15, 0.2) is 5.65 Å². The zero-order valence-corrected chi connectivity index (χ0v) is 15.2. The second-order valence-electron chi connectivity index (χ2n) is 6.55. The van der Waals surface area contributed by atoms with Gasteiger partial charge in [0.25, 0.3) is 5.91 Å². The number of ether oxygens (including phenoxy) is 2. The van der Waals surface area contributed by atoms with E-state index in [1.807, 2.05) is 32.0 Å². The van der Waals surface area contributed by atoms with Crippen LogP contribution in [0.5, 0.6) is 0 Å². The fourth-order valence-electron chi connectivity index (χ4n) is 2.79. The molecule has 2 atom stereocenters. The number of hydrogen-bond donors (Lipinski definition) is 1. The first-order valence-electron chi connectivity index (χ1n) is 8.53. The summed E-state index contributed by atoms with van der Waals surface area (Å²) in [6.45, 7) is 4.86. The number of nitrogens with one attached hydrogen (secondary N) is 1. The van der Waals surface area contributed by atoms with E-state index < -0.39 is 6.10 Å². The predicted octanol–water partition coefficient (Wildman–Crippen LogP) is 1.63. The first kappa shape index (κ1) is 17.6. The molecular formula is C17H25N5O3. The van der Waals surface area contributed by atoms with Crippen molar-refractivity contribution in [3.05, 3.63) is 17.8 Å². The van der Waals surface area contributed by atoms with E-state index >= 15 is 0 Å². The smallest absolute Gasteiger partial charge is 0.254 e. The van der Waals surface area contributed by atoms with Crippen LogP contribution in [-0.2, 0) is 14.3 Å². The molecule has 1 amide bonds. The molecule has 1 saturated heterocycles. The van der Waals surface area contributed by atoms with Crippen molar-refractivity contribution in [1.82, 2.24) is 14.6 Å². The molecule has 0 radical (unpaired) electrons. The number of carbonyl (C=O) groups is 1. The Balaban J connectivity index is 1.69. The molecule has 8 nitrogen and oxygen atoms in total. The van der Waals surface area contributed by atoms with Gasteiger partial charge in [-0.15, -0.1) is 0 Å². The van der Waals surface area contributed by atoms with Crippen molar-refractivity contribution in [2.75, 3.05) is 37.5 Å². The molecule has 2 aromatic rings. The summed E-state index contributed by atoms with van der Waals surface area (Å²) in [7, 11) is 3.84. The lowest BCUT2D eigenvalue weighted by molar-refractivity contribution is -0.128. The number of hydrogen-bond acceptors (Lipinski definition) is 6. The quantitative estimate of drug-likeness (QED) is 0.855. The van der Waals surface area contributed by atoms with Gasteiger partial charge in [-0.2, -0.15) is 9.61 Å². The van der Waals surface area contributed by atoms with Crippen molar-refractivity contribution >= 4 is 23.2 Å². The second-order valence-corrected chi connectivity index (χ2v) is 6.55. The molecule has 136 valence electrons. The Labute approximate surface area is 147 Å². The van der Waals surface area contributed by atoms with Crippen molar-refractivity contribution in [2.45, 2.75) is 38.9 Å². The van der Waals surface area contributed by atoms with Crippen molar-refractivity contribution in [1.29, 1.82) is 0 Å². The lowest BCUT2D eigenvalue weighted by Crippen LogP contribution is -2.31. The molecule has 0 aromatic carbocycles. The van der Waals surface area contributed by atoms with Crippen LogP contribution in [-0.4, -0.2) is 60.0 Å². The van der Waals surface area contributed by atoms with E-state index in [1.54, 1.807) is 17.5 Å². The molecule has 2 unspecified atom stereocenters. The Bertz CT molecular complexity index is 752. The zero-order valence-electron chi connectivity index (χ0n) is 15.2. The van der Waals surface area contributed by atoms with E-state index in [-0.39, 0.29) is 12.0 Å². The van der Waals surface area contributed by atoms with Gasteiger partial charge in [-0.3, -0.25) is 4.79 Å². The van der Waals surface area contributed by atoms with E-state index in [1.165, 1.54) is 0 Å². The van der Waals surface area contributed by atoms with Crippen LogP contribution in [0, 0.1) is 6.92 Å². The number of amides is 1. The lowest BCUT2D eigenvalue weighted by Gasteiger charge is -2.18. The highest BCUT2D eigenvalue weighted by Gasteiger charge is 2.21. The van der Waals surface area contributed by atoms with Crippen molar-refractivity contribution in [3.63, 3.8) is 0 Å². The number of anilines is 2. The van der Waals surface area contributed by atoms with E-state index in [9.17, 15) is 4.79 Å². The van der Waals surface area contributed by atoms with Crippen molar-refractivity contribution in [3.8, 4) is 0 Å². The molecule has 1 aliphatic heterocycles. The van der Waals surface area contributed by atoms with Crippen LogP contribution in [0.1, 0.15) is 25.5 Å². The molecule has 25 heavy (non-hydrogen) atoms. The lowest BCUT2D eigenvalue weighted by atomic mass is 10.2. The Morgan fingerprint density at radius 2 is 2.32 bits per heavy atom. The summed E-state index contributed by atoms with van der Waals surface area (Å²) >= 11 is 0. The zero-order chi connectivity index (χ0) is 18.0. The highest BCUT2D eigenvalue weighted by molar-refractivity contribution is 5.93. The van der Waals surface area contributed by atoms with Crippen LogP contribution in [0.2, 0.25) is 0 Å². The van der Waals surface area contributed by atoms with Gasteiger partial charge in [-0.05, 0) is 26.7 Å². The summed E-state index contributed by atoms with van der Waals surface area (Å²) in [6.07, 6.45) is 1.56. The molecular weight excluding hydrogens is 322 g/mol. The van der Waals surface area contributed by atoms with Gasteiger partial charge in [-0.25, -0.2) is 4.98 Å². The average molecular weight is 347 g/mol. The third-order valence-electron chi connectivity index (χ3n) is 4.17. The van der Waals surface area contributed by atoms with Gasteiger partial charge in [0, 0.05) is 32.8 Å². The Morgan fingerprint density at radius 3 is 3.00 bits per heavy atom. The van der Waals surface area contributed by atoms with Crippen LogP contribution < -0.4 is 10.2 Å². The summed E-state index contributed by atoms with van der Waals surface area (Å²) in [6, 6.07) is 3.67. The largest absolute Gasteiger partial charge is 0.376 e. The van der Waals surface area contributed by atoms with Gasteiger partial charge >= 0.3 is 0 Å². The normalized spacial score (nSPS) is 18.5. The van der Waals surface area contributed by atoms with Crippen LogP contribution >= 0.6 is 0 Å². The highest BCUT2D eigenvalue weighted by atomic mass is 16.5. The van der Waals surface area contributed by atoms with E-state index in [4.69, 9.17) is 9.47 Å². The molecule has 1 aliphatic rings. The number of nitrogens with zero attached hydrogens (tertiary/aromatic N) is 4. The molecule has 2 aromatic heterocycles. The first-order valence-corrected chi connectivity index (χ1v) is 8.53. The molecule has 3 heterocycles. The molecule has 0 bridgehead atoms. The number of rotatable bonds is 6. The number of carbonyl (C=O) groups excluding carboxylic acids is 1. The highest BCUT2D eigenvalue weighted by Crippen LogP contribution is 2.19. The first-order chi connectivity index (χ1) is 11.9. The van der Waals surface area contributed by atoms with E-state index in [0.29, 0.717) is 18.1 Å². The maximum Gasteiger partial charge on any atom is 0.254 e. The standard InChI is InChI=1S/C17H25N5O3/c1-11-8-15-18-14(9-16(21(3)4)22(15)20-11)19-17(23)12(2)25-10-13-6-5-7-24-13/h8-9,12-13H,5-7,10H2,1-4H3,(H,18,19,23). The number of aryl methyl sites for hydroxylation is 1. The monoisotopic (exact) mass is 347 g/mol. The Hall–Kier alpha value is -2.19. The van der Waals surface area contributed by atoms with Gasteiger partial charge in [0.05, 0.1) is 18.4 Å². The third-order valence-corrected chi connectivity index (χ3v) is 4.17. The van der Waals surface area contributed by atoms with Crippen LogP contribution in [0.15, 0.2) is 12.1 Å². The van der Waals surface area contributed by atoms with Crippen LogP contribution in [0.3, 0.4) is 0 Å². The molecule has 0 saturated carbocycles. The van der Waals surface area contributed by atoms with Crippen LogP contribution in [0.25, 0.3) is 5.65 Å². The predicted molar refractivity (Wildman–Crippen MR) is 95.1 cm³/mol. The molecule has 3 rings (SSSR count). The minimum Gasteiger partial charge on any atom is -0.376 e. The van der Waals surface area contributed by atoms with Crippen molar-refractivity contribution in [2.24, 2.45) is 0 Å². The topological polar surface area (TPSA) is 81.0 Å². The maximum absolute atomic E-state index is 12.4. The minimum absolute atomic E-state index is 0.0971. The van der Waals surface area contributed by atoms with Crippen molar-refractivity contribution < 1.29 is 14.3 Å². The Kier molecular flexibility index (Phi) is 5.19. The molecule has 1 fully saturated rings. The summed E-state index contributed by atoms with van der Waals surface area (Å²) < 4.78 is 12.9. The maximum atomic E-state index is 12.4. The third kappa shape index (κ3) is 4.08. The molecule has 0 spiro atoms. The van der Waals surface area contributed by atoms with E-state index in [0.717, 1.165) is 31.0 Å². The summed E-state index contributed by atoms with van der Waals surface area (Å²) in [5.74, 6) is 1.09. The summed E-state index contributed by atoms with van der Waals surface area (Å²) in [4.78, 5) is 18.8. The van der Waals surface area contributed by atoms with Gasteiger partial charge in [0.1, 0.15) is 17.7 Å². The Morgan fingerprint density at radius 1 is 1.52 bits per heavy atom.